The zero-order valence-corrected chi connectivity index (χ0v) is 13.7. The van der Waals surface area contributed by atoms with E-state index in [9.17, 15) is 4.79 Å². The Bertz CT molecular complexity index is 658. The fraction of sp³-hybridized carbons (Fsp3) is 0.444. The summed E-state index contributed by atoms with van der Waals surface area (Å²) in [6.45, 7) is 4.03. The van der Waals surface area contributed by atoms with Gasteiger partial charge in [0.25, 0.3) is 0 Å². The van der Waals surface area contributed by atoms with Gasteiger partial charge >= 0.3 is 5.97 Å². The van der Waals surface area contributed by atoms with Crippen molar-refractivity contribution in [1.29, 1.82) is 0 Å². The van der Waals surface area contributed by atoms with E-state index in [1.807, 2.05) is 36.9 Å². The van der Waals surface area contributed by atoms with Crippen LogP contribution in [0, 0.1) is 5.92 Å². The van der Waals surface area contributed by atoms with Gasteiger partial charge in [-0.1, -0.05) is 30.3 Å². The molecule has 1 fully saturated rings. The smallest absolute Gasteiger partial charge is 0.309 e. The maximum atomic E-state index is 11.8. The third-order valence-corrected chi connectivity index (χ3v) is 4.36. The molecule has 122 valence electrons. The van der Waals surface area contributed by atoms with Crippen molar-refractivity contribution >= 4 is 11.8 Å². The molecule has 2 aromatic rings. The van der Waals surface area contributed by atoms with Crippen LogP contribution in [-0.2, 0) is 16.6 Å². The molecule has 2 heterocycles. The van der Waals surface area contributed by atoms with Crippen molar-refractivity contribution in [1.82, 2.24) is 9.78 Å². The summed E-state index contributed by atoms with van der Waals surface area (Å²) < 4.78 is 7.06. The standard InChI is InChI=1S/C18H23N3O2/c1-3-23-18(22)15-9-11-21(12-10-15)17-13-16(19-20(17)2)14-7-5-4-6-8-14/h4-8,13,15H,3,9-12H2,1-2H3. The zero-order chi connectivity index (χ0) is 16.2. The predicted molar refractivity (Wildman–Crippen MR) is 90.2 cm³/mol. The molecular formula is C18H23N3O2. The SMILES string of the molecule is CCOC(=O)C1CCN(c2cc(-c3ccccc3)nn2C)CC1. The number of piperidine rings is 1. The quantitative estimate of drug-likeness (QED) is 0.814. The van der Waals surface area contributed by atoms with Crippen molar-refractivity contribution in [3.05, 3.63) is 36.4 Å². The fourth-order valence-electron chi connectivity index (χ4n) is 3.11. The highest BCUT2D eigenvalue weighted by atomic mass is 16.5. The molecule has 1 aliphatic heterocycles. The summed E-state index contributed by atoms with van der Waals surface area (Å²) in [5.41, 5.74) is 2.10. The van der Waals surface area contributed by atoms with Crippen LogP contribution in [0.5, 0.6) is 0 Å². The molecule has 1 aromatic carbocycles. The topological polar surface area (TPSA) is 47.4 Å². The van der Waals surface area contributed by atoms with E-state index in [4.69, 9.17) is 4.74 Å². The third-order valence-electron chi connectivity index (χ3n) is 4.36. The van der Waals surface area contributed by atoms with Crippen molar-refractivity contribution in [2.75, 3.05) is 24.6 Å². The van der Waals surface area contributed by atoms with E-state index in [0.717, 1.165) is 43.0 Å². The average Bonchev–Trinajstić information content (AvgIpc) is 2.98. The van der Waals surface area contributed by atoms with Crippen LogP contribution in [-0.4, -0.2) is 35.4 Å². The van der Waals surface area contributed by atoms with E-state index in [1.54, 1.807) is 0 Å². The lowest BCUT2D eigenvalue weighted by atomic mass is 9.97. The van der Waals surface area contributed by atoms with Gasteiger partial charge in [0, 0.05) is 31.8 Å². The largest absolute Gasteiger partial charge is 0.466 e. The first-order chi connectivity index (χ1) is 11.2. The van der Waals surface area contributed by atoms with Crippen LogP contribution >= 0.6 is 0 Å². The van der Waals surface area contributed by atoms with Gasteiger partial charge in [0.15, 0.2) is 0 Å². The number of carbonyl (C=O) groups is 1. The van der Waals surface area contributed by atoms with Crippen LogP contribution in [0.2, 0.25) is 0 Å². The van der Waals surface area contributed by atoms with Gasteiger partial charge in [-0.2, -0.15) is 5.10 Å². The molecule has 1 saturated heterocycles. The van der Waals surface area contributed by atoms with Gasteiger partial charge in [0.05, 0.1) is 18.2 Å². The molecule has 3 rings (SSSR count). The van der Waals surface area contributed by atoms with Crippen LogP contribution in [0.3, 0.4) is 0 Å². The second kappa shape index (κ2) is 6.86. The second-order valence-electron chi connectivity index (χ2n) is 5.89. The number of anilines is 1. The molecule has 23 heavy (non-hydrogen) atoms. The summed E-state index contributed by atoms with van der Waals surface area (Å²) in [4.78, 5) is 14.1. The molecule has 5 nitrogen and oxygen atoms in total. The minimum Gasteiger partial charge on any atom is -0.466 e. The molecule has 1 aromatic heterocycles. The van der Waals surface area contributed by atoms with Gasteiger partial charge in [-0.3, -0.25) is 9.48 Å². The van der Waals surface area contributed by atoms with Crippen LogP contribution in [0.1, 0.15) is 19.8 Å². The Morgan fingerprint density at radius 2 is 1.96 bits per heavy atom. The molecule has 0 unspecified atom stereocenters. The van der Waals surface area contributed by atoms with Crippen molar-refractivity contribution in [3.8, 4) is 11.3 Å². The molecule has 1 aliphatic rings. The Kier molecular flexibility index (Phi) is 4.65. The normalized spacial score (nSPS) is 15.7. The van der Waals surface area contributed by atoms with Gasteiger partial charge in [-0.25, -0.2) is 0 Å². The first-order valence-corrected chi connectivity index (χ1v) is 8.20. The monoisotopic (exact) mass is 313 g/mol. The highest BCUT2D eigenvalue weighted by Crippen LogP contribution is 2.27. The number of hydrogen-bond donors (Lipinski definition) is 0. The zero-order valence-electron chi connectivity index (χ0n) is 13.7. The van der Waals surface area contributed by atoms with Crippen molar-refractivity contribution < 1.29 is 9.53 Å². The number of esters is 1. The Balaban J connectivity index is 1.69. The van der Waals surface area contributed by atoms with Gasteiger partial charge < -0.3 is 9.64 Å². The van der Waals surface area contributed by atoms with E-state index in [-0.39, 0.29) is 11.9 Å². The number of rotatable bonds is 4. The summed E-state index contributed by atoms with van der Waals surface area (Å²) in [6, 6.07) is 12.3. The van der Waals surface area contributed by atoms with Crippen molar-refractivity contribution in [2.24, 2.45) is 13.0 Å². The summed E-state index contributed by atoms with van der Waals surface area (Å²) in [5, 5.41) is 4.62. The first-order valence-electron chi connectivity index (χ1n) is 8.20. The van der Waals surface area contributed by atoms with Gasteiger partial charge in [0.2, 0.25) is 0 Å². The predicted octanol–water partition coefficient (Wildman–Crippen LogP) is 2.87. The molecular weight excluding hydrogens is 290 g/mol. The number of benzene rings is 1. The van der Waals surface area contributed by atoms with E-state index >= 15 is 0 Å². The Hall–Kier alpha value is -2.30. The minimum absolute atomic E-state index is 0.0352. The highest BCUT2D eigenvalue weighted by molar-refractivity contribution is 5.73. The molecule has 5 heteroatoms. The van der Waals surface area contributed by atoms with E-state index < -0.39 is 0 Å². The van der Waals surface area contributed by atoms with Crippen molar-refractivity contribution in [2.45, 2.75) is 19.8 Å². The maximum Gasteiger partial charge on any atom is 0.309 e. The molecule has 0 N–H and O–H groups in total. The summed E-state index contributed by atoms with van der Waals surface area (Å²) in [6.07, 6.45) is 1.68. The lowest BCUT2D eigenvalue weighted by molar-refractivity contribution is -0.148. The Morgan fingerprint density at radius 1 is 1.26 bits per heavy atom. The van der Waals surface area contributed by atoms with Crippen LogP contribution in [0.4, 0.5) is 5.82 Å². The first kappa shape index (κ1) is 15.6. The molecule has 0 aliphatic carbocycles. The molecule has 0 radical (unpaired) electrons. The second-order valence-corrected chi connectivity index (χ2v) is 5.89. The number of aryl methyl sites for hydroxylation is 1. The number of nitrogens with zero attached hydrogens (tertiary/aromatic N) is 3. The third kappa shape index (κ3) is 3.38. The summed E-state index contributed by atoms with van der Waals surface area (Å²) in [7, 11) is 1.97. The van der Waals surface area contributed by atoms with E-state index in [2.05, 4.69) is 28.2 Å². The minimum atomic E-state index is -0.0536. The Labute approximate surface area is 136 Å². The Morgan fingerprint density at radius 3 is 2.61 bits per heavy atom. The molecule has 0 saturated carbocycles. The highest BCUT2D eigenvalue weighted by Gasteiger charge is 2.27. The molecule has 0 amide bonds. The van der Waals surface area contributed by atoms with Crippen molar-refractivity contribution in [3.63, 3.8) is 0 Å². The van der Waals surface area contributed by atoms with Crippen LogP contribution < -0.4 is 4.90 Å². The fourth-order valence-corrected chi connectivity index (χ4v) is 3.11. The summed E-state index contributed by atoms with van der Waals surface area (Å²) >= 11 is 0. The van der Waals surface area contributed by atoms with Gasteiger partial charge in [-0.15, -0.1) is 0 Å². The maximum absolute atomic E-state index is 11.8. The van der Waals surface area contributed by atoms with Crippen LogP contribution in [0.15, 0.2) is 36.4 Å². The average molecular weight is 313 g/mol. The van der Waals surface area contributed by atoms with Gasteiger partial charge in [-0.05, 0) is 19.8 Å². The molecule has 0 bridgehead atoms. The van der Waals surface area contributed by atoms with Crippen LogP contribution in [0.25, 0.3) is 11.3 Å². The molecule has 0 spiro atoms. The summed E-state index contributed by atoms with van der Waals surface area (Å²) in [5.74, 6) is 1.08. The molecule has 0 atom stereocenters. The number of hydrogen-bond acceptors (Lipinski definition) is 4. The lowest BCUT2D eigenvalue weighted by Crippen LogP contribution is -2.37. The number of aromatic nitrogens is 2. The van der Waals surface area contributed by atoms with E-state index in [0.29, 0.717) is 6.61 Å². The van der Waals surface area contributed by atoms with Gasteiger partial charge in [0.1, 0.15) is 5.82 Å². The van der Waals surface area contributed by atoms with E-state index in [1.165, 1.54) is 0 Å². The lowest BCUT2D eigenvalue weighted by Gasteiger charge is -2.32. The number of carbonyl (C=O) groups excluding carboxylic acids is 1. The number of ether oxygens (including phenoxy) is 1.